The average Bonchev–Trinajstić information content (AvgIpc) is 2.44. The Labute approximate surface area is 138 Å². The number of carbonyl (C=O) groups is 2. The van der Waals surface area contributed by atoms with Crippen molar-refractivity contribution in [3.8, 4) is 0 Å². The lowest BCUT2D eigenvalue weighted by Gasteiger charge is -2.26. The fraction of sp³-hybridized carbons (Fsp3) is 0.529. The van der Waals surface area contributed by atoms with Crippen LogP contribution >= 0.6 is 0 Å². The lowest BCUT2D eigenvalue weighted by Crippen LogP contribution is -2.48. The quantitative estimate of drug-likeness (QED) is 0.872. The van der Waals surface area contributed by atoms with Crippen molar-refractivity contribution in [2.75, 3.05) is 19.6 Å². The van der Waals surface area contributed by atoms with Crippen LogP contribution < -0.4 is 11.1 Å². The fourth-order valence-corrected chi connectivity index (χ4v) is 2.01. The third-order valence-electron chi connectivity index (χ3n) is 3.14. The number of nitrogens with one attached hydrogen (secondary N) is 1. The van der Waals surface area contributed by atoms with Crippen LogP contribution in [0.5, 0.6) is 0 Å². The minimum Gasteiger partial charge on any atom is -0.443 e. The van der Waals surface area contributed by atoms with Crippen molar-refractivity contribution in [1.82, 2.24) is 10.2 Å². The van der Waals surface area contributed by atoms with Gasteiger partial charge in [0.25, 0.3) is 0 Å². The van der Waals surface area contributed by atoms with Crippen LogP contribution in [0, 0.1) is 6.92 Å². The first-order valence-electron chi connectivity index (χ1n) is 7.77. The van der Waals surface area contributed by atoms with Crippen molar-refractivity contribution in [3.05, 3.63) is 35.4 Å². The Balaban J connectivity index is 2.57. The van der Waals surface area contributed by atoms with Crippen molar-refractivity contribution in [2.24, 2.45) is 5.73 Å². The second-order valence-corrected chi connectivity index (χ2v) is 6.33. The zero-order chi connectivity index (χ0) is 17.5. The maximum atomic E-state index is 12.2. The molecule has 0 fully saturated rings. The maximum absolute atomic E-state index is 12.2. The Morgan fingerprint density at radius 1 is 1.26 bits per heavy atom. The average molecular weight is 321 g/mol. The standard InChI is InChI=1S/C17H27N3O3/c1-13-7-5-6-8-14(13)9-11-19-15(21)20(12-10-18)16(22)23-17(2,3)4/h5-8H,9-12,18H2,1-4H3,(H,19,21). The highest BCUT2D eigenvalue weighted by Gasteiger charge is 2.26. The zero-order valence-electron chi connectivity index (χ0n) is 14.4. The lowest BCUT2D eigenvalue weighted by atomic mass is 10.1. The van der Waals surface area contributed by atoms with Crippen molar-refractivity contribution in [2.45, 2.75) is 39.7 Å². The number of hydrogen-bond donors (Lipinski definition) is 2. The monoisotopic (exact) mass is 321 g/mol. The van der Waals surface area contributed by atoms with Crippen LogP contribution in [-0.4, -0.2) is 42.3 Å². The Morgan fingerprint density at radius 3 is 2.48 bits per heavy atom. The van der Waals surface area contributed by atoms with Crippen LogP contribution in [0.15, 0.2) is 24.3 Å². The molecule has 1 aromatic rings. The number of imide groups is 1. The number of nitrogens with zero attached hydrogens (tertiary/aromatic N) is 1. The van der Waals surface area contributed by atoms with E-state index in [1.807, 2.05) is 31.2 Å². The van der Waals surface area contributed by atoms with E-state index >= 15 is 0 Å². The highest BCUT2D eigenvalue weighted by atomic mass is 16.6. The Bertz CT molecular complexity index is 538. The Hall–Kier alpha value is -2.08. The van der Waals surface area contributed by atoms with Gasteiger partial charge in [-0.05, 0) is 45.2 Å². The van der Waals surface area contributed by atoms with Crippen LogP contribution in [-0.2, 0) is 11.2 Å². The minimum atomic E-state index is -0.684. The summed E-state index contributed by atoms with van der Waals surface area (Å²) in [6.45, 7) is 8.02. The lowest BCUT2D eigenvalue weighted by molar-refractivity contribution is 0.0325. The molecular weight excluding hydrogens is 294 g/mol. The van der Waals surface area contributed by atoms with Crippen LogP contribution in [0.25, 0.3) is 0 Å². The van der Waals surface area contributed by atoms with Crippen LogP contribution in [0.1, 0.15) is 31.9 Å². The number of urea groups is 1. The number of aryl methyl sites for hydroxylation is 1. The Morgan fingerprint density at radius 2 is 1.91 bits per heavy atom. The molecule has 1 aromatic carbocycles. The molecule has 23 heavy (non-hydrogen) atoms. The third-order valence-corrected chi connectivity index (χ3v) is 3.14. The SMILES string of the molecule is Cc1ccccc1CCNC(=O)N(CCN)C(=O)OC(C)(C)C. The largest absolute Gasteiger partial charge is 0.443 e. The molecule has 6 heteroatoms. The molecule has 0 aliphatic rings. The summed E-state index contributed by atoms with van der Waals surface area (Å²) in [7, 11) is 0. The molecule has 0 atom stereocenters. The van der Waals surface area contributed by atoms with Gasteiger partial charge in [0.05, 0.1) is 0 Å². The molecule has 1 rings (SSSR count). The number of carbonyl (C=O) groups excluding carboxylic acids is 2. The second kappa shape index (κ2) is 8.53. The van der Waals surface area contributed by atoms with Gasteiger partial charge in [-0.3, -0.25) is 0 Å². The van der Waals surface area contributed by atoms with Crippen molar-refractivity contribution in [1.29, 1.82) is 0 Å². The second-order valence-electron chi connectivity index (χ2n) is 6.33. The molecular formula is C17H27N3O3. The number of amides is 3. The van der Waals surface area contributed by atoms with Gasteiger partial charge in [-0.15, -0.1) is 0 Å². The van der Waals surface area contributed by atoms with Gasteiger partial charge < -0.3 is 15.8 Å². The molecule has 0 spiro atoms. The number of benzene rings is 1. The summed E-state index contributed by atoms with van der Waals surface area (Å²) in [6, 6.07) is 7.50. The van der Waals surface area contributed by atoms with Gasteiger partial charge in [0, 0.05) is 19.6 Å². The van der Waals surface area contributed by atoms with Crippen molar-refractivity contribution in [3.63, 3.8) is 0 Å². The first-order chi connectivity index (χ1) is 10.7. The third kappa shape index (κ3) is 6.69. The van der Waals surface area contributed by atoms with Gasteiger partial charge in [-0.25, -0.2) is 14.5 Å². The molecule has 0 aliphatic carbocycles. The van der Waals surface area contributed by atoms with Gasteiger partial charge in [0.15, 0.2) is 0 Å². The molecule has 0 saturated heterocycles. The first-order valence-corrected chi connectivity index (χ1v) is 7.77. The van der Waals surface area contributed by atoms with Gasteiger partial charge in [-0.1, -0.05) is 24.3 Å². The van der Waals surface area contributed by atoms with Gasteiger partial charge in [-0.2, -0.15) is 0 Å². The smallest absolute Gasteiger partial charge is 0.418 e. The summed E-state index contributed by atoms with van der Waals surface area (Å²) in [5.41, 5.74) is 7.15. The minimum absolute atomic E-state index is 0.116. The normalized spacial score (nSPS) is 11.0. The number of hydrogen-bond acceptors (Lipinski definition) is 4. The number of rotatable bonds is 5. The summed E-state index contributed by atoms with van der Waals surface area (Å²) in [5.74, 6) is 0. The van der Waals surface area contributed by atoms with E-state index in [0.29, 0.717) is 13.0 Å². The van der Waals surface area contributed by atoms with Gasteiger partial charge in [0.1, 0.15) is 5.60 Å². The summed E-state index contributed by atoms with van der Waals surface area (Å²) in [6.07, 6.45) is 0.0137. The van der Waals surface area contributed by atoms with E-state index in [-0.39, 0.29) is 13.1 Å². The van der Waals surface area contributed by atoms with E-state index in [0.717, 1.165) is 10.5 Å². The van der Waals surface area contributed by atoms with E-state index in [9.17, 15) is 9.59 Å². The van der Waals surface area contributed by atoms with E-state index in [2.05, 4.69) is 5.32 Å². The molecule has 3 amide bonds. The summed E-state index contributed by atoms with van der Waals surface area (Å²) >= 11 is 0. The van der Waals surface area contributed by atoms with Crippen LogP contribution in [0.4, 0.5) is 9.59 Å². The van der Waals surface area contributed by atoms with E-state index in [1.165, 1.54) is 5.56 Å². The Kier molecular flexibility index (Phi) is 7.03. The molecule has 0 heterocycles. The van der Waals surface area contributed by atoms with Crippen molar-refractivity contribution < 1.29 is 14.3 Å². The fourth-order valence-electron chi connectivity index (χ4n) is 2.01. The topological polar surface area (TPSA) is 84.7 Å². The van der Waals surface area contributed by atoms with Gasteiger partial charge >= 0.3 is 12.1 Å². The molecule has 0 saturated carbocycles. The predicted molar refractivity (Wildman–Crippen MR) is 90.3 cm³/mol. The predicted octanol–water partition coefficient (Wildman–Crippen LogP) is 2.44. The number of nitrogens with two attached hydrogens (primary N) is 1. The van der Waals surface area contributed by atoms with Crippen molar-refractivity contribution >= 4 is 12.1 Å². The summed E-state index contributed by atoms with van der Waals surface area (Å²) < 4.78 is 5.23. The molecule has 0 bridgehead atoms. The van der Waals surface area contributed by atoms with Crippen LogP contribution in [0.3, 0.4) is 0 Å². The van der Waals surface area contributed by atoms with Crippen LogP contribution in [0.2, 0.25) is 0 Å². The van der Waals surface area contributed by atoms with E-state index in [1.54, 1.807) is 20.8 Å². The zero-order valence-corrected chi connectivity index (χ0v) is 14.4. The summed E-state index contributed by atoms with van der Waals surface area (Å²) in [4.78, 5) is 25.3. The molecule has 0 unspecified atom stereocenters. The molecule has 0 radical (unpaired) electrons. The molecule has 0 aliphatic heterocycles. The number of ether oxygens (including phenoxy) is 1. The van der Waals surface area contributed by atoms with E-state index in [4.69, 9.17) is 10.5 Å². The highest BCUT2D eigenvalue weighted by Crippen LogP contribution is 2.10. The summed E-state index contributed by atoms with van der Waals surface area (Å²) in [5, 5.41) is 2.74. The molecule has 128 valence electrons. The van der Waals surface area contributed by atoms with E-state index < -0.39 is 17.7 Å². The highest BCUT2D eigenvalue weighted by molar-refractivity contribution is 5.91. The molecule has 3 N–H and O–H groups in total. The molecule has 0 aromatic heterocycles. The maximum Gasteiger partial charge on any atom is 0.418 e. The van der Waals surface area contributed by atoms with Gasteiger partial charge in [0.2, 0.25) is 0 Å². The first kappa shape index (κ1) is 19.0. The molecule has 6 nitrogen and oxygen atoms in total.